The number of benzene rings is 1. The second-order valence-corrected chi connectivity index (χ2v) is 3.43. The summed E-state index contributed by atoms with van der Waals surface area (Å²) in [5, 5.41) is 14.0. The fourth-order valence-corrected chi connectivity index (χ4v) is 1.08. The van der Waals surface area contributed by atoms with E-state index in [-0.39, 0.29) is 0 Å². The van der Waals surface area contributed by atoms with Crippen LogP contribution in [0.2, 0.25) is 0 Å². The molecule has 0 aliphatic heterocycles. The molecular formula is C10H15N3O2. The molecule has 0 aliphatic rings. The number of hydrogen-bond acceptors (Lipinski definition) is 3. The van der Waals surface area contributed by atoms with E-state index in [1.807, 2.05) is 25.1 Å². The molecule has 5 nitrogen and oxygen atoms in total. The lowest BCUT2D eigenvalue weighted by atomic mass is 10.3. The lowest BCUT2D eigenvalue weighted by Gasteiger charge is -2.12. The van der Waals surface area contributed by atoms with E-state index in [4.69, 9.17) is 5.11 Å². The topological polar surface area (TPSA) is 64.6 Å². The summed E-state index contributed by atoms with van der Waals surface area (Å²) in [7, 11) is 3.90. The molecule has 1 rings (SSSR count). The van der Waals surface area contributed by atoms with Gasteiger partial charge >= 0.3 is 6.09 Å². The summed E-state index contributed by atoms with van der Waals surface area (Å²) in [5.74, 6) is 0. The van der Waals surface area contributed by atoms with Gasteiger partial charge in [-0.15, -0.1) is 0 Å². The van der Waals surface area contributed by atoms with E-state index in [2.05, 4.69) is 10.6 Å². The smallest absolute Gasteiger partial charge is 0.409 e. The van der Waals surface area contributed by atoms with E-state index in [9.17, 15) is 4.79 Å². The van der Waals surface area contributed by atoms with Crippen LogP contribution in [0.5, 0.6) is 0 Å². The first kappa shape index (κ1) is 11.3. The molecule has 15 heavy (non-hydrogen) atoms. The molecule has 5 heteroatoms. The maximum atomic E-state index is 10.4. The summed E-state index contributed by atoms with van der Waals surface area (Å²) in [6.45, 7) is 0.705. The van der Waals surface area contributed by atoms with Crippen molar-refractivity contribution in [1.82, 2.24) is 4.90 Å². The number of carbonyl (C=O) groups is 1. The van der Waals surface area contributed by atoms with Crippen LogP contribution in [0, 0.1) is 0 Å². The largest absolute Gasteiger partial charge is 0.465 e. The third-order valence-electron chi connectivity index (χ3n) is 1.71. The molecule has 82 valence electrons. The Balaban J connectivity index is 2.61. The lowest BCUT2D eigenvalue weighted by molar-refractivity contribution is 0.210. The fraction of sp³-hybridized carbons (Fsp3) is 0.300. The predicted molar refractivity (Wildman–Crippen MR) is 60.3 cm³/mol. The summed E-state index contributed by atoms with van der Waals surface area (Å²) >= 11 is 0. The van der Waals surface area contributed by atoms with Crippen LogP contribution in [0.3, 0.4) is 0 Å². The molecule has 0 saturated carbocycles. The highest BCUT2D eigenvalue weighted by Gasteiger charge is 1.98. The van der Waals surface area contributed by atoms with E-state index >= 15 is 0 Å². The first-order valence-electron chi connectivity index (χ1n) is 4.56. The van der Waals surface area contributed by atoms with E-state index < -0.39 is 6.09 Å². The highest BCUT2D eigenvalue weighted by molar-refractivity contribution is 5.83. The normalized spacial score (nSPS) is 10.1. The van der Waals surface area contributed by atoms with Crippen molar-refractivity contribution in [3.05, 3.63) is 24.3 Å². The van der Waals surface area contributed by atoms with Crippen molar-refractivity contribution >= 4 is 17.5 Å². The fourth-order valence-electron chi connectivity index (χ4n) is 1.08. The molecule has 0 bridgehead atoms. The third-order valence-corrected chi connectivity index (χ3v) is 1.71. The molecule has 0 fully saturated rings. The van der Waals surface area contributed by atoms with Gasteiger partial charge in [-0.2, -0.15) is 0 Å². The molecule has 1 aromatic carbocycles. The van der Waals surface area contributed by atoms with Gasteiger partial charge in [-0.1, -0.05) is 6.07 Å². The van der Waals surface area contributed by atoms with Crippen molar-refractivity contribution in [3.8, 4) is 0 Å². The average molecular weight is 209 g/mol. The lowest BCUT2D eigenvalue weighted by Crippen LogP contribution is -2.20. The Morgan fingerprint density at radius 3 is 2.67 bits per heavy atom. The highest BCUT2D eigenvalue weighted by Crippen LogP contribution is 2.14. The number of rotatable bonds is 4. The van der Waals surface area contributed by atoms with Gasteiger partial charge in [0.05, 0.1) is 6.67 Å². The van der Waals surface area contributed by atoms with Crippen molar-refractivity contribution in [1.29, 1.82) is 0 Å². The first-order valence-corrected chi connectivity index (χ1v) is 4.56. The summed E-state index contributed by atoms with van der Waals surface area (Å²) < 4.78 is 0. The van der Waals surface area contributed by atoms with Gasteiger partial charge in [0.2, 0.25) is 0 Å². The molecule has 0 unspecified atom stereocenters. The van der Waals surface area contributed by atoms with Crippen LogP contribution in [0.25, 0.3) is 0 Å². The van der Waals surface area contributed by atoms with Crippen LogP contribution in [0.4, 0.5) is 16.2 Å². The molecule has 0 aromatic heterocycles. The molecule has 0 heterocycles. The Morgan fingerprint density at radius 1 is 1.40 bits per heavy atom. The second-order valence-electron chi connectivity index (χ2n) is 3.43. The number of nitrogens with zero attached hydrogens (tertiary/aromatic N) is 1. The van der Waals surface area contributed by atoms with Crippen LogP contribution in [-0.2, 0) is 0 Å². The quantitative estimate of drug-likeness (QED) is 0.660. The number of anilines is 2. The monoisotopic (exact) mass is 209 g/mol. The number of nitrogens with one attached hydrogen (secondary N) is 2. The zero-order chi connectivity index (χ0) is 11.3. The van der Waals surface area contributed by atoms with E-state index in [1.165, 1.54) is 0 Å². The van der Waals surface area contributed by atoms with Gasteiger partial charge < -0.3 is 10.4 Å². The molecule has 1 amide bonds. The Kier molecular flexibility index (Phi) is 3.93. The molecule has 0 atom stereocenters. The summed E-state index contributed by atoms with van der Waals surface area (Å²) in [5.41, 5.74) is 1.45. The average Bonchev–Trinajstić information content (AvgIpc) is 2.14. The molecule has 1 aromatic rings. The number of amides is 1. The summed E-state index contributed by atoms with van der Waals surface area (Å²) in [6.07, 6.45) is -1.06. The molecule has 0 radical (unpaired) electrons. The van der Waals surface area contributed by atoms with Gasteiger partial charge in [0, 0.05) is 11.4 Å². The minimum atomic E-state index is -1.06. The maximum Gasteiger partial charge on any atom is 0.409 e. The maximum absolute atomic E-state index is 10.4. The molecule has 0 spiro atoms. The number of carboxylic acid groups (broad SMARTS) is 1. The molecular weight excluding hydrogens is 194 g/mol. The summed E-state index contributed by atoms with van der Waals surface area (Å²) in [4.78, 5) is 12.4. The van der Waals surface area contributed by atoms with E-state index in [0.717, 1.165) is 5.69 Å². The van der Waals surface area contributed by atoms with Crippen LogP contribution < -0.4 is 10.6 Å². The van der Waals surface area contributed by atoms with Crippen LogP contribution in [0.15, 0.2) is 24.3 Å². The van der Waals surface area contributed by atoms with Crippen LogP contribution in [-0.4, -0.2) is 36.9 Å². The minimum absolute atomic E-state index is 0.561. The van der Waals surface area contributed by atoms with Crippen LogP contribution >= 0.6 is 0 Å². The van der Waals surface area contributed by atoms with Gasteiger partial charge in [-0.05, 0) is 32.3 Å². The van der Waals surface area contributed by atoms with Crippen LogP contribution in [0.1, 0.15) is 0 Å². The summed E-state index contributed by atoms with van der Waals surface area (Å²) in [6, 6.07) is 7.13. The van der Waals surface area contributed by atoms with E-state index in [0.29, 0.717) is 12.4 Å². The predicted octanol–water partition coefficient (Wildman–Crippen LogP) is 1.71. The Morgan fingerprint density at radius 2 is 2.07 bits per heavy atom. The standard InChI is InChI=1S/C10H15N3O2/c1-13(2)7-11-8-4-3-5-9(6-8)12-10(14)15/h3-6,11-12H,7H2,1-2H3,(H,14,15). The SMILES string of the molecule is CN(C)CNc1cccc(NC(=O)O)c1. The molecule has 0 saturated heterocycles. The van der Waals surface area contributed by atoms with E-state index in [1.54, 1.807) is 18.2 Å². The molecule has 3 N–H and O–H groups in total. The Hall–Kier alpha value is -1.75. The zero-order valence-electron chi connectivity index (χ0n) is 8.82. The Labute approximate surface area is 88.7 Å². The van der Waals surface area contributed by atoms with Crippen molar-refractivity contribution in [3.63, 3.8) is 0 Å². The van der Waals surface area contributed by atoms with Gasteiger partial charge in [0.25, 0.3) is 0 Å². The number of hydrogen-bond donors (Lipinski definition) is 3. The highest BCUT2D eigenvalue weighted by atomic mass is 16.4. The van der Waals surface area contributed by atoms with Crippen molar-refractivity contribution < 1.29 is 9.90 Å². The van der Waals surface area contributed by atoms with Gasteiger partial charge in [-0.3, -0.25) is 10.2 Å². The van der Waals surface area contributed by atoms with Crippen molar-refractivity contribution in [2.24, 2.45) is 0 Å². The second kappa shape index (κ2) is 5.21. The van der Waals surface area contributed by atoms with Gasteiger partial charge in [0.15, 0.2) is 0 Å². The van der Waals surface area contributed by atoms with Crippen molar-refractivity contribution in [2.75, 3.05) is 31.4 Å². The molecule has 0 aliphatic carbocycles. The van der Waals surface area contributed by atoms with Gasteiger partial charge in [-0.25, -0.2) is 4.79 Å². The Bertz CT molecular complexity index is 339. The van der Waals surface area contributed by atoms with Crippen molar-refractivity contribution in [2.45, 2.75) is 0 Å². The zero-order valence-corrected chi connectivity index (χ0v) is 8.82. The van der Waals surface area contributed by atoms with Gasteiger partial charge in [0.1, 0.15) is 0 Å². The minimum Gasteiger partial charge on any atom is -0.465 e. The third kappa shape index (κ3) is 4.33. The first-order chi connectivity index (χ1) is 7.08.